The van der Waals surface area contributed by atoms with Gasteiger partial charge in [0.25, 0.3) is 0 Å². The van der Waals surface area contributed by atoms with Gasteiger partial charge in [-0.05, 0) is 50.5 Å². The lowest BCUT2D eigenvalue weighted by Gasteiger charge is -2.33. The molecular formula is C25H24N6O5. The Morgan fingerprint density at radius 1 is 1.17 bits per heavy atom. The molecule has 0 radical (unpaired) electrons. The van der Waals surface area contributed by atoms with Gasteiger partial charge in [-0.3, -0.25) is 10.1 Å². The van der Waals surface area contributed by atoms with E-state index in [1.807, 2.05) is 19.1 Å². The molecule has 1 fully saturated rings. The number of fused-ring (bicyclic) bond motifs is 2. The van der Waals surface area contributed by atoms with Crippen LogP contribution in [0.3, 0.4) is 0 Å². The van der Waals surface area contributed by atoms with E-state index >= 15 is 0 Å². The summed E-state index contributed by atoms with van der Waals surface area (Å²) >= 11 is 0. The third-order valence-electron chi connectivity index (χ3n) is 6.51. The van der Waals surface area contributed by atoms with Crippen LogP contribution >= 0.6 is 0 Å². The van der Waals surface area contributed by atoms with Gasteiger partial charge < -0.3 is 19.0 Å². The lowest BCUT2D eigenvalue weighted by molar-refractivity contribution is -0.132. The first-order valence-electron chi connectivity index (χ1n) is 11.8. The van der Waals surface area contributed by atoms with Gasteiger partial charge in [-0.25, -0.2) is 14.8 Å². The second-order valence-corrected chi connectivity index (χ2v) is 9.16. The Morgan fingerprint density at radius 3 is 2.83 bits per heavy atom. The number of carbonyl (C=O) groups is 2. The van der Waals surface area contributed by atoms with Crippen molar-refractivity contribution in [3.8, 4) is 11.6 Å². The third kappa shape index (κ3) is 4.23. The predicted octanol–water partition coefficient (Wildman–Crippen LogP) is 4.04. The maximum absolute atomic E-state index is 12.4. The number of rotatable bonds is 5. The maximum atomic E-state index is 12.4. The minimum Gasteiger partial charge on any atom is -0.439 e. The molecular weight excluding hydrogens is 464 g/mol. The van der Waals surface area contributed by atoms with Crippen LogP contribution in [0.4, 0.5) is 10.6 Å². The molecule has 1 N–H and O–H groups in total. The summed E-state index contributed by atoms with van der Waals surface area (Å²) in [6, 6.07) is 8.99. The van der Waals surface area contributed by atoms with E-state index in [0.29, 0.717) is 41.8 Å². The number of carbonyl (C=O) groups excluding carboxylic acids is 2. The number of ether oxygens (including phenoxy) is 1. The van der Waals surface area contributed by atoms with Crippen LogP contribution in [0, 0.1) is 0 Å². The monoisotopic (exact) mass is 488 g/mol. The smallest absolute Gasteiger partial charge is 0.437 e. The molecule has 0 unspecified atom stereocenters. The zero-order valence-corrected chi connectivity index (χ0v) is 19.8. The standard InChI is InChI=1S/C25H24N6O5/c1-14-9-19-20(12-30(14)15(2)32)26-13-27-24(19)34-18-5-6-21-17(10-18)7-8-31(21)36-25(33)28-23-11-22(35-29-23)16-3-4-16/h5-8,10-11,13-14,16H,3-4,9,12H2,1-2H3,(H,28,29,33)/t14-/m0/s1. The number of nitrogens with zero attached hydrogens (tertiary/aromatic N) is 5. The van der Waals surface area contributed by atoms with Gasteiger partial charge in [0, 0.05) is 42.1 Å². The summed E-state index contributed by atoms with van der Waals surface area (Å²) in [7, 11) is 0. The summed E-state index contributed by atoms with van der Waals surface area (Å²) < 4.78 is 12.7. The van der Waals surface area contributed by atoms with Crippen molar-refractivity contribution in [2.75, 3.05) is 5.32 Å². The van der Waals surface area contributed by atoms with Gasteiger partial charge in [0.1, 0.15) is 17.8 Å². The van der Waals surface area contributed by atoms with Crippen LogP contribution in [0.25, 0.3) is 10.9 Å². The molecule has 4 aromatic rings. The van der Waals surface area contributed by atoms with Crippen LogP contribution in [-0.2, 0) is 17.8 Å². The summed E-state index contributed by atoms with van der Waals surface area (Å²) in [5.41, 5.74) is 2.38. The van der Waals surface area contributed by atoms with Crippen LogP contribution < -0.4 is 14.9 Å². The molecule has 11 nitrogen and oxygen atoms in total. The summed E-state index contributed by atoms with van der Waals surface area (Å²) in [6.45, 7) is 4.00. The molecule has 4 heterocycles. The van der Waals surface area contributed by atoms with Crippen molar-refractivity contribution >= 4 is 28.7 Å². The van der Waals surface area contributed by atoms with Crippen LogP contribution in [0.5, 0.6) is 11.6 Å². The van der Waals surface area contributed by atoms with Gasteiger partial charge in [-0.1, -0.05) is 5.16 Å². The van der Waals surface area contributed by atoms with Crippen molar-refractivity contribution in [3.63, 3.8) is 0 Å². The highest BCUT2D eigenvalue weighted by Gasteiger charge is 2.29. The summed E-state index contributed by atoms with van der Waals surface area (Å²) in [4.78, 5) is 40.2. The fraction of sp³-hybridized carbons (Fsp3) is 0.320. The number of amides is 2. The molecule has 2 amide bonds. The Bertz CT molecular complexity index is 1470. The molecule has 0 spiro atoms. The van der Waals surface area contributed by atoms with Crippen molar-refractivity contribution in [3.05, 3.63) is 59.9 Å². The molecule has 2 aliphatic rings. The molecule has 1 aliphatic carbocycles. The summed E-state index contributed by atoms with van der Waals surface area (Å²) in [5, 5.41) is 7.27. The van der Waals surface area contributed by atoms with E-state index in [1.165, 1.54) is 11.1 Å². The number of nitrogens with one attached hydrogen (secondary N) is 1. The van der Waals surface area contributed by atoms with E-state index in [-0.39, 0.29) is 11.9 Å². The van der Waals surface area contributed by atoms with E-state index in [0.717, 1.165) is 35.2 Å². The minimum absolute atomic E-state index is 0.0177. The predicted molar refractivity (Wildman–Crippen MR) is 128 cm³/mol. The van der Waals surface area contributed by atoms with Crippen LogP contribution in [0.2, 0.25) is 0 Å². The second-order valence-electron chi connectivity index (χ2n) is 9.16. The van der Waals surface area contributed by atoms with Crippen molar-refractivity contribution in [2.45, 2.75) is 51.6 Å². The zero-order valence-electron chi connectivity index (χ0n) is 19.8. The number of benzene rings is 1. The van der Waals surface area contributed by atoms with E-state index in [1.54, 1.807) is 36.2 Å². The molecule has 6 rings (SSSR count). The van der Waals surface area contributed by atoms with Crippen molar-refractivity contribution in [1.82, 2.24) is 24.8 Å². The maximum Gasteiger partial charge on any atom is 0.437 e. The molecule has 184 valence electrons. The average Bonchev–Trinajstić information content (AvgIpc) is 3.48. The van der Waals surface area contributed by atoms with Crippen LogP contribution in [-0.4, -0.2) is 42.8 Å². The quantitative estimate of drug-likeness (QED) is 0.446. The Kier molecular flexibility index (Phi) is 5.32. The lowest BCUT2D eigenvalue weighted by Crippen LogP contribution is -2.41. The van der Waals surface area contributed by atoms with E-state index in [2.05, 4.69) is 20.4 Å². The highest BCUT2D eigenvalue weighted by atomic mass is 16.7. The number of hydrogen-bond acceptors (Lipinski definition) is 8. The van der Waals surface area contributed by atoms with Crippen LogP contribution in [0.15, 0.2) is 47.4 Å². The Labute approximate surface area is 206 Å². The summed E-state index contributed by atoms with van der Waals surface area (Å²) in [6.07, 6.45) is 5.20. The Morgan fingerprint density at radius 2 is 2.03 bits per heavy atom. The number of hydrogen-bond donors (Lipinski definition) is 1. The van der Waals surface area contributed by atoms with E-state index < -0.39 is 6.09 Å². The van der Waals surface area contributed by atoms with Gasteiger partial charge in [-0.2, -0.15) is 4.73 Å². The van der Waals surface area contributed by atoms with Crippen molar-refractivity contribution in [2.24, 2.45) is 0 Å². The molecule has 1 aliphatic heterocycles. The topological polar surface area (TPSA) is 125 Å². The van der Waals surface area contributed by atoms with Gasteiger partial charge in [0.2, 0.25) is 11.8 Å². The zero-order chi connectivity index (χ0) is 24.8. The first-order chi connectivity index (χ1) is 17.4. The van der Waals surface area contributed by atoms with E-state index in [9.17, 15) is 9.59 Å². The van der Waals surface area contributed by atoms with Crippen LogP contribution in [0.1, 0.15) is 49.6 Å². The molecule has 0 bridgehead atoms. The first kappa shape index (κ1) is 22.1. The average molecular weight is 489 g/mol. The molecule has 11 heteroatoms. The van der Waals surface area contributed by atoms with Gasteiger partial charge in [0.15, 0.2) is 5.82 Å². The molecule has 1 aromatic carbocycles. The highest BCUT2D eigenvalue weighted by molar-refractivity contribution is 5.86. The van der Waals surface area contributed by atoms with Crippen molar-refractivity contribution in [1.29, 1.82) is 0 Å². The van der Waals surface area contributed by atoms with Gasteiger partial charge in [-0.15, -0.1) is 0 Å². The molecule has 3 aromatic heterocycles. The molecule has 36 heavy (non-hydrogen) atoms. The molecule has 1 atom stereocenters. The Hall–Kier alpha value is -4.41. The van der Waals surface area contributed by atoms with Crippen molar-refractivity contribution < 1.29 is 23.7 Å². The van der Waals surface area contributed by atoms with Gasteiger partial charge in [0.05, 0.1) is 17.8 Å². The van der Waals surface area contributed by atoms with Gasteiger partial charge >= 0.3 is 6.09 Å². The Balaban J connectivity index is 1.16. The first-order valence-corrected chi connectivity index (χ1v) is 11.8. The second kappa shape index (κ2) is 8.67. The highest BCUT2D eigenvalue weighted by Crippen LogP contribution is 2.40. The normalized spacial score (nSPS) is 17.1. The largest absolute Gasteiger partial charge is 0.439 e. The molecule has 1 saturated carbocycles. The third-order valence-corrected chi connectivity index (χ3v) is 6.51. The SMILES string of the molecule is CC(=O)N1Cc2ncnc(Oc3ccc4c(ccn4OC(=O)Nc4cc(C5CC5)on4)c3)c2C[C@@H]1C. The molecule has 0 saturated heterocycles. The number of aromatic nitrogens is 4. The lowest BCUT2D eigenvalue weighted by atomic mass is 9.99. The minimum atomic E-state index is -0.676. The fourth-order valence-electron chi connectivity index (χ4n) is 4.48. The number of anilines is 1. The fourth-order valence-corrected chi connectivity index (χ4v) is 4.48. The van der Waals surface area contributed by atoms with E-state index in [4.69, 9.17) is 14.1 Å². The summed E-state index contributed by atoms with van der Waals surface area (Å²) in [5.74, 6) is 2.58.